The molecule has 0 amide bonds. The van der Waals surface area contributed by atoms with E-state index in [0.29, 0.717) is 23.3 Å². The molecule has 1 atom stereocenters. The first-order valence-electron chi connectivity index (χ1n) is 10.8. The van der Waals surface area contributed by atoms with E-state index in [2.05, 4.69) is 39.0 Å². The van der Waals surface area contributed by atoms with Crippen molar-refractivity contribution >= 4 is 22.4 Å². The number of aromatic nitrogens is 3. The second-order valence-corrected chi connectivity index (χ2v) is 8.32. The van der Waals surface area contributed by atoms with Crippen LogP contribution in [0.25, 0.3) is 22.2 Å². The van der Waals surface area contributed by atoms with Gasteiger partial charge in [-0.1, -0.05) is 12.1 Å². The number of rotatable bonds is 4. The number of fused-ring (bicyclic) bond motifs is 1. The van der Waals surface area contributed by atoms with Crippen molar-refractivity contribution in [1.29, 1.82) is 0 Å². The summed E-state index contributed by atoms with van der Waals surface area (Å²) in [4.78, 5) is 26.8. The summed E-state index contributed by atoms with van der Waals surface area (Å²) < 4.78 is 6.93. The van der Waals surface area contributed by atoms with Gasteiger partial charge in [0.25, 0.3) is 5.56 Å². The van der Waals surface area contributed by atoms with Gasteiger partial charge in [-0.05, 0) is 24.6 Å². The molecule has 0 radical (unpaired) electrons. The lowest BCUT2D eigenvalue weighted by Gasteiger charge is -2.29. The van der Waals surface area contributed by atoms with Crippen LogP contribution in [-0.4, -0.2) is 65.6 Å². The van der Waals surface area contributed by atoms with Gasteiger partial charge in [-0.3, -0.25) is 4.79 Å². The first kappa shape index (κ1) is 20.0. The van der Waals surface area contributed by atoms with E-state index in [-0.39, 0.29) is 18.1 Å². The predicted octanol–water partition coefficient (Wildman–Crippen LogP) is 1.65. The second kappa shape index (κ2) is 8.28. The molecule has 1 N–H and O–H groups in total. The monoisotopic (exact) mass is 421 g/mol. The largest absolute Gasteiger partial charge is 0.396 e. The number of pyridine rings is 1. The average Bonchev–Trinajstić information content (AvgIpc) is 3.31. The number of ether oxygens (including phenoxy) is 1. The molecular weight excluding hydrogens is 394 g/mol. The average molecular weight is 422 g/mol. The van der Waals surface area contributed by atoms with Gasteiger partial charge in [-0.25, -0.2) is 9.97 Å². The fraction of sp³-hybridized carbons (Fsp3) is 0.435. The van der Waals surface area contributed by atoms with E-state index in [9.17, 15) is 9.90 Å². The molecule has 8 heteroatoms. The third-order valence-corrected chi connectivity index (χ3v) is 6.27. The van der Waals surface area contributed by atoms with Crippen LogP contribution in [0.5, 0.6) is 0 Å². The van der Waals surface area contributed by atoms with Gasteiger partial charge in [0.15, 0.2) is 0 Å². The summed E-state index contributed by atoms with van der Waals surface area (Å²) in [6, 6.07) is 10.3. The number of nitrogens with zero attached hydrogens (tertiary/aromatic N) is 5. The Morgan fingerprint density at radius 2 is 1.90 bits per heavy atom. The number of morpholine rings is 1. The fourth-order valence-electron chi connectivity index (χ4n) is 4.42. The van der Waals surface area contributed by atoms with E-state index < -0.39 is 0 Å². The molecule has 0 spiro atoms. The van der Waals surface area contributed by atoms with Crippen LogP contribution >= 0.6 is 0 Å². The number of aliphatic hydroxyl groups excluding tert-OH is 1. The van der Waals surface area contributed by atoms with Crippen molar-refractivity contribution in [3.8, 4) is 11.3 Å². The van der Waals surface area contributed by atoms with Crippen molar-refractivity contribution in [1.82, 2.24) is 14.5 Å². The number of anilines is 2. The van der Waals surface area contributed by atoms with Crippen molar-refractivity contribution in [3.63, 3.8) is 0 Å². The number of hydrogen-bond acceptors (Lipinski definition) is 7. The molecule has 2 fully saturated rings. The standard InChI is InChI=1S/C23H27N5O3/c1-26-15-24-20-12-19(17-2-4-18(5-3-17)27-8-10-31-11-9-27)25-22(21(20)23(26)30)28-7-6-16(13-28)14-29/h2-5,12,15-16,29H,6-11,13-14H2,1H3/t16-/m1/s1. The molecule has 0 aliphatic carbocycles. The molecule has 2 aliphatic heterocycles. The SMILES string of the molecule is Cn1cnc2cc(-c3ccc(N4CCOCC4)cc3)nc(N3CC[C@@H](CO)C3)c2c1=O. The van der Waals surface area contributed by atoms with E-state index >= 15 is 0 Å². The van der Waals surface area contributed by atoms with Gasteiger partial charge >= 0.3 is 0 Å². The zero-order valence-corrected chi connectivity index (χ0v) is 17.7. The zero-order chi connectivity index (χ0) is 21.4. The van der Waals surface area contributed by atoms with E-state index in [1.165, 1.54) is 10.3 Å². The van der Waals surface area contributed by atoms with Crippen LogP contribution in [0, 0.1) is 5.92 Å². The molecule has 0 saturated carbocycles. The summed E-state index contributed by atoms with van der Waals surface area (Å²) >= 11 is 0. The molecule has 4 heterocycles. The van der Waals surface area contributed by atoms with Crippen LogP contribution in [-0.2, 0) is 11.8 Å². The lowest BCUT2D eigenvalue weighted by atomic mass is 10.1. The molecule has 0 bridgehead atoms. The highest BCUT2D eigenvalue weighted by Gasteiger charge is 2.26. The molecule has 2 aliphatic rings. The number of aryl methyl sites for hydroxylation is 1. The third-order valence-electron chi connectivity index (χ3n) is 6.27. The molecular formula is C23H27N5O3. The highest BCUT2D eigenvalue weighted by molar-refractivity contribution is 5.92. The quantitative estimate of drug-likeness (QED) is 0.686. The Morgan fingerprint density at radius 3 is 2.61 bits per heavy atom. The van der Waals surface area contributed by atoms with E-state index in [1.54, 1.807) is 13.4 Å². The van der Waals surface area contributed by atoms with Gasteiger partial charge in [0.05, 0.1) is 30.8 Å². The summed E-state index contributed by atoms with van der Waals surface area (Å²) in [6.45, 7) is 4.90. The first-order valence-corrected chi connectivity index (χ1v) is 10.8. The first-order chi connectivity index (χ1) is 15.1. The van der Waals surface area contributed by atoms with Gasteiger partial charge in [0.2, 0.25) is 0 Å². The topological polar surface area (TPSA) is 83.7 Å². The molecule has 8 nitrogen and oxygen atoms in total. The molecule has 2 aromatic heterocycles. The second-order valence-electron chi connectivity index (χ2n) is 8.32. The molecule has 31 heavy (non-hydrogen) atoms. The van der Waals surface area contributed by atoms with E-state index in [0.717, 1.165) is 50.5 Å². The van der Waals surface area contributed by atoms with Gasteiger partial charge < -0.3 is 24.2 Å². The normalized spacial score (nSPS) is 19.4. The van der Waals surface area contributed by atoms with Gasteiger partial charge in [-0.2, -0.15) is 0 Å². The van der Waals surface area contributed by atoms with Gasteiger partial charge in [0.1, 0.15) is 11.2 Å². The minimum absolute atomic E-state index is 0.103. The van der Waals surface area contributed by atoms with Crippen LogP contribution in [0.3, 0.4) is 0 Å². The Bertz CT molecular complexity index is 1140. The Morgan fingerprint density at radius 1 is 1.13 bits per heavy atom. The Kier molecular flexibility index (Phi) is 5.33. The lowest BCUT2D eigenvalue weighted by Crippen LogP contribution is -2.36. The van der Waals surface area contributed by atoms with Crippen LogP contribution in [0.15, 0.2) is 41.5 Å². The molecule has 3 aromatic rings. The number of aliphatic hydroxyl groups is 1. The maximum absolute atomic E-state index is 12.9. The minimum atomic E-state index is -0.103. The van der Waals surface area contributed by atoms with Crippen LogP contribution in [0.2, 0.25) is 0 Å². The third kappa shape index (κ3) is 3.77. The van der Waals surface area contributed by atoms with Crippen molar-refractivity contribution in [2.24, 2.45) is 13.0 Å². The number of hydrogen-bond donors (Lipinski definition) is 1. The summed E-state index contributed by atoms with van der Waals surface area (Å²) in [5, 5.41) is 10.1. The molecule has 2 saturated heterocycles. The summed E-state index contributed by atoms with van der Waals surface area (Å²) in [7, 11) is 1.71. The summed E-state index contributed by atoms with van der Waals surface area (Å²) in [6.07, 6.45) is 2.44. The van der Waals surface area contributed by atoms with Crippen molar-refractivity contribution in [3.05, 3.63) is 47.0 Å². The summed E-state index contributed by atoms with van der Waals surface area (Å²) in [5.41, 5.74) is 3.50. The Hall–Kier alpha value is -2.97. The highest BCUT2D eigenvalue weighted by atomic mass is 16.5. The van der Waals surface area contributed by atoms with Gasteiger partial charge in [0, 0.05) is 57.0 Å². The van der Waals surface area contributed by atoms with Crippen LogP contribution in [0.4, 0.5) is 11.5 Å². The zero-order valence-electron chi connectivity index (χ0n) is 17.7. The molecule has 5 rings (SSSR count). The lowest BCUT2D eigenvalue weighted by molar-refractivity contribution is 0.122. The van der Waals surface area contributed by atoms with Crippen molar-refractivity contribution < 1.29 is 9.84 Å². The van der Waals surface area contributed by atoms with Gasteiger partial charge in [-0.15, -0.1) is 0 Å². The summed E-state index contributed by atoms with van der Waals surface area (Å²) in [5.74, 6) is 0.864. The maximum atomic E-state index is 12.9. The number of benzene rings is 1. The van der Waals surface area contributed by atoms with Crippen molar-refractivity contribution in [2.45, 2.75) is 6.42 Å². The van der Waals surface area contributed by atoms with Crippen LogP contribution < -0.4 is 15.4 Å². The van der Waals surface area contributed by atoms with E-state index in [4.69, 9.17) is 9.72 Å². The fourth-order valence-corrected chi connectivity index (χ4v) is 4.42. The molecule has 1 aromatic carbocycles. The highest BCUT2D eigenvalue weighted by Crippen LogP contribution is 2.31. The van der Waals surface area contributed by atoms with E-state index in [1.807, 2.05) is 6.07 Å². The Labute approximate surface area is 180 Å². The van der Waals surface area contributed by atoms with Crippen LogP contribution in [0.1, 0.15) is 6.42 Å². The van der Waals surface area contributed by atoms with Crippen molar-refractivity contribution in [2.75, 3.05) is 55.8 Å². The maximum Gasteiger partial charge on any atom is 0.264 e. The molecule has 0 unspecified atom stereocenters. The predicted molar refractivity (Wildman–Crippen MR) is 121 cm³/mol. The molecule has 162 valence electrons. The minimum Gasteiger partial charge on any atom is -0.396 e. The Balaban J connectivity index is 1.56. The smallest absolute Gasteiger partial charge is 0.264 e.